The summed E-state index contributed by atoms with van der Waals surface area (Å²) in [7, 11) is 0. The summed E-state index contributed by atoms with van der Waals surface area (Å²) in [6.45, 7) is 4.58. The molecule has 0 bridgehead atoms. The van der Waals surface area contributed by atoms with E-state index in [1.807, 2.05) is 24.8 Å². The van der Waals surface area contributed by atoms with E-state index in [9.17, 15) is 4.79 Å². The lowest BCUT2D eigenvalue weighted by Crippen LogP contribution is -2.39. The van der Waals surface area contributed by atoms with Crippen molar-refractivity contribution in [1.29, 1.82) is 0 Å². The Morgan fingerprint density at radius 3 is 2.90 bits per heavy atom. The number of likely N-dealkylation sites (tertiary alicyclic amines) is 1. The van der Waals surface area contributed by atoms with Crippen LogP contribution in [0.15, 0.2) is 12.3 Å². The number of rotatable bonds is 2. The van der Waals surface area contributed by atoms with E-state index in [1.54, 1.807) is 6.20 Å². The second kappa shape index (κ2) is 5.11. The first-order chi connectivity index (χ1) is 9.66. The molecule has 1 fully saturated rings. The Morgan fingerprint density at radius 2 is 2.25 bits per heavy atom. The van der Waals surface area contributed by atoms with Gasteiger partial charge in [0.05, 0.1) is 6.04 Å². The second-order valence-corrected chi connectivity index (χ2v) is 5.32. The van der Waals surface area contributed by atoms with E-state index in [0.29, 0.717) is 5.69 Å². The first-order valence-electron chi connectivity index (χ1n) is 7.00. The van der Waals surface area contributed by atoms with Crippen molar-refractivity contribution in [2.75, 3.05) is 6.54 Å². The third kappa shape index (κ3) is 2.21. The van der Waals surface area contributed by atoms with Crippen LogP contribution >= 0.6 is 0 Å². The molecule has 2 N–H and O–H groups in total. The highest BCUT2D eigenvalue weighted by atomic mass is 16.2. The number of H-pyrrole nitrogens is 2. The smallest absolute Gasteiger partial charge is 0.271 e. The number of aromatic amines is 2. The molecule has 0 aromatic carbocycles. The largest absolute Gasteiger partial charge is 0.357 e. The minimum atomic E-state index is -0.0242. The average molecular weight is 273 g/mol. The molecule has 6 heteroatoms. The fraction of sp³-hybridized carbons (Fsp3) is 0.500. The van der Waals surface area contributed by atoms with Crippen LogP contribution in [0.4, 0.5) is 0 Å². The van der Waals surface area contributed by atoms with Gasteiger partial charge in [-0.05, 0) is 44.7 Å². The molecular weight excluding hydrogens is 254 g/mol. The van der Waals surface area contributed by atoms with Gasteiger partial charge < -0.3 is 9.88 Å². The molecule has 0 aliphatic carbocycles. The van der Waals surface area contributed by atoms with Gasteiger partial charge in [0.2, 0.25) is 0 Å². The zero-order valence-electron chi connectivity index (χ0n) is 11.8. The minimum absolute atomic E-state index is 0.0242. The van der Waals surface area contributed by atoms with Crippen molar-refractivity contribution in [3.63, 3.8) is 0 Å². The number of hydrogen-bond acceptors (Lipinski definition) is 3. The monoisotopic (exact) mass is 273 g/mol. The Labute approximate surface area is 117 Å². The van der Waals surface area contributed by atoms with E-state index in [2.05, 4.69) is 20.2 Å². The van der Waals surface area contributed by atoms with Gasteiger partial charge in [0, 0.05) is 12.7 Å². The summed E-state index contributed by atoms with van der Waals surface area (Å²) in [5.41, 5.74) is 1.65. The van der Waals surface area contributed by atoms with Crippen LogP contribution in [-0.2, 0) is 0 Å². The lowest BCUT2D eigenvalue weighted by molar-refractivity contribution is 0.0594. The van der Waals surface area contributed by atoms with Gasteiger partial charge in [-0.25, -0.2) is 4.98 Å². The van der Waals surface area contributed by atoms with Crippen LogP contribution in [0.25, 0.3) is 0 Å². The topological polar surface area (TPSA) is 77.7 Å². The molecule has 3 rings (SSSR count). The molecule has 2 aromatic rings. The van der Waals surface area contributed by atoms with Crippen molar-refractivity contribution in [2.24, 2.45) is 0 Å². The van der Waals surface area contributed by atoms with Crippen LogP contribution in [0.1, 0.15) is 53.0 Å². The van der Waals surface area contributed by atoms with Crippen LogP contribution < -0.4 is 0 Å². The lowest BCUT2D eigenvalue weighted by atomic mass is 10.0. The Bertz CT molecular complexity index is 615. The number of carbonyl (C=O) groups excluding carboxylic acids is 1. The van der Waals surface area contributed by atoms with E-state index in [1.165, 1.54) is 0 Å². The van der Waals surface area contributed by atoms with E-state index >= 15 is 0 Å². The van der Waals surface area contributed by atoms with Crippen LogP contribution in [-0.4, -0.2) is 37.5 Å². The quantitative estimate of drug-likeness (QED) is 0.879. The van der Waals surface area contributed by atoms with Gasteiger partial charge in [-0.2, -0.15) is 5.10 Å². The number of aryl methyl sites for hydroxylation is 2. The molecule has 2 aromatic heterocycles. The zero-order chi connectivity index (χ0) is 14.1. The molecule has 1 aliphatic heterocycles. The molecule has 3 heterocycles. The van der Waals surface area contributed by atoms with E-state index in [4.69, 9.17) is 0 Å². The highest BCUT2D eigenvalue weighted by Gasteiger charge is 2.32. The van der Waals surface area contributed by atoms with Crippen molar-refractivity contribution in [3.8, 4) is 0 Å². The second-order valence-electron chi connectivity index (χ2n) is 5.32. The highest BCUT2D eigenvalue weighted by molar-refractivity contribution is 5.94. The number of nitrogens with one attached hydrogen (secondary N) is 2. The molecule has 6 nitrogen and oxygen atoms in total. The molecule has 106 valence electrons. The van der Waals surface area contributed by atoms with Crippen molar-refractivity contribution >= 4 is 5.91 Å². The molecule has 20 heavy (non-hydrogen) atoms. The first kappa shape index (κ1) is 12.9. The lowest BCUT2D eigenvalue weighted by Gasteiger charge is -2.33. The molecule has 0 spiro atoms. The van der Waals surface area contributed by atoms with Crippen molar-refractivity contribution in [3.05, 3.63) is 35.2 Å². The maximum absolute atomic E-state index is 12.7. The van der Waals surface area contributed by atoms with E-state index in [0.717, 1.165) is 43.0 Å². The summed E-state index contributed by atoms with van der Waals surface area (Å²) in [6.07, 6.45) is 4.86. The van der Waals surface area contributed by atoms with Gasteiger partial charge in [0.15, 0.2) is 5.82 Å². The maximum atomic E-state index is 12.7. The van der Waals surface area contributed by atoms with Gasteiger partial charge in [0.25, 0.3) is 5.91 Å². The molecule has 1 amide bonds. The number of amides is 1. The van der Waals surface area contributed by atoms with Crippen LogP contribution in [0, 0.1) is 13.8 Å². The van der Waals surface area contributed by atoms with Crippen molar-refractivity contribution in [2.45, 2.75) is 39.2 Å². The number of hydrogen-bond donors (Lipinski definition) is 2. The number of nitrogens with zero attached hydrogens (tertiary/aromatic N) is 3. The van der Waals surface area contributed by atoms with Crippen molar-refractivity contribution in [1.82, 2.24) is 25.1 Å². The van der Waals surface area contributed by atoms with Gasteiger partial charge in [-0.3, -0.25) is 9.89 Å². The van der Waals surface area contributed by atoms with Gasteiger partial charge >= 0.3 is 0 Å². The molecule has 1 atom stereocenters. The fourth-order valence-electron chi connectivity index (χ4n) is 2.77. The summed E-state index contributed by atoms with van der Waals surface area (Å²) in [6, 6.07) is 1.90. The fourth-order valence-corrected chi connectivity index (χ4v) is 2.77. The molecule has 1 saturated heterocycles. The third-order valence-corrected chi connectivity index (χ3v) is 3.85. The Morgan fingerprint density at radius 1 is 1.40 bits per heavy atom. The van der Waals surface area contributed by atoms with Crippen LogP contribution in [0.3, 0.4) is 0 Å². The Kier molecular flexibility index (Phi) is 3.30. The standard InChI is InChI=1S/C14H19N5O/c1-9-6-7-15-12(9)14(20)19-8-4-3-5-11(19)13-16-10(2)17-18-13/h6-7,11,15H,3-5,8H2,1-2H3,(H,16,17,18)/t11-/m1/s1. The predicted octanol–water partition coefficient (Wildman–Crippen LogP) is 2.12. The third-order valence-electron chi connectivity index (χ3n) is 3.85. The first-order valence-corrected chi connectivity index (χ1v) is 7.00. The molecule has 0 saturated carbocycles. The highest BCUT2D eigenvalue weighted by Crippen LogP contribution is 2.30. The summed E-state index contributed by atoms with van der Waals surface area (Å²) in [5, 5.41) is 7.10. The number of carbonyl (C=O) groups is 1. The van der Waals surface area contributed by atoms with Crippen LogP contribution in [0.5, 0.6) is 0 Å². The summed E-state index contributed by atoms with van der Waals surface area (Å²) >= 11 is 0. The zero-order valence-corrected chi connectivity index (χ0v) is 11.8. The molecular formula is C14H19N5O. The summed E-state index contributed by atoms with van der Waals surface area (Å²) in [5.74, 6) is 1.55. The molecule has 0 unspecified atom stereocenters. The number of piperidine rings is 1. The SMILES string of the molecule is Cc1nc([C@H]2CCCCN2C(=O)c2[nH]ccc2C)n[nH]1. The van der Waals surface area contributed by atoms with Crippen LogP contribution in [0.2, 0.25) is 0 Å². The predicted molar refractivity (Wildman–Crippen MR) is 74.3 cm³/mol. The van der Waals surface area contributed by atoms with Gasteiger partial charge in [0.1, 0.15) is 11.5 Å². The maximum Gasteiger partial charge on any atom is 0.271 e. The normalized spacial score (nSPS) is 19.3. The average Bonchev–Trinajstić information content (AvgIpc) is 3.07. The molecule has 0 radical (unpaired) electrons. The summed E-state index contributed by atoms with van der Waals surface area (Å²) in [4.78, 5) is 22.0. The van der Waals surface area contributed by atoms with E-state index < -0.39 is 0 Å². The minimum Gasteiger partial charge on any atom is -0.357 e. The van der Waals surface area contributed by atoms with Gasteiger partial charge in [-0.1, -0.05) is 0 Å². The number of aromatic nitrogens is 4. The van der Waals surface area contributed by atoms with Gasteiger partial charge in [-0.15, -0.1) is 0 Å². The Hall–Kier alpha value is -2.11. The summed E-state index contributed by atoms with van der Waals surface area (Å²) < 4.78 is 0. The van der Waals surface area contributed by atoms with E-state index in [-0.39, 0.29) is 11.9 Å². The molecule has 1 aliphatic rings. The van der Waals surface area contributed by atoms with Crippen molar-refractivity contribution < 1.29 is 4.79 Å². The Balaban J connectivity index is 1.89.